The predicted molar refractivity (Wildman–Crippen MR) is 116 cm³/mol. The maximum atomic E-state index is 4.73. The molecule has 6 aromatic rings. The van der Waals surface area contributed by atoms with E-state index in [-0.39, 0.29) is 0 Å². The molecule has 0 fully saturated rings. The van der Waals surface area contributed by atoms with Crippen LogP contribution in [0.15, 0.2) is 73.3 Å². The van der Waals surface area contributed by atoms with Crippen LogP contribution in [0, 0.1) is 0 Å². The van der Waals surface area contributed by atoms with E-state index in [2.05, 4.69) is 58.5 Å². The van der Waals surface area contributed by atoms with Gasteiger partial charge in [-0.05, 0) is 41.1 Å². The van der Waals surface area contributed by atoms with Crippen LogP contribution in [0.25, 0.3) is 54.7 Å². The number of rotatable bonds is 0. The van der Waals surface area contributed by atoms with E-state index in [1.54, 1.807) is 6.33 Å². The van der Waals surface area contributed by atoms with Crippen LogP contribution >= 0.6 is 0 Å². The highest BCUT2D eigenvalue weighted by Crippen LogP contribution is 2.42. The van der Waals surface area contributed by atoms with Gasteiger partial charge in [0.2, 0.25) is 0 Å². The number of hydrogen-bond acceptors (Lipinski definition) is 4. The maximum absolute atomic E-state index is 4.73. The summed E-state index contributed by atoms with van der Waals surface area (Å²) in [4.78, 5) is 18.6. The molecule has 0 amide bonds. The normalized spacial score (nSPS) is 12.7. The Morgan fingerprint density at radius 1 is 0.655 bits per heavy atom. The Bertz CT molecular complexity index is 1630. The van der Waals surface area contributed by atoms with Gasteiger partial charge in [-0.15, -0.1) is 0 Å². The second-order valence-corrected chi connectivity index (χ2v) is 7.56. The van der Waals surface area contributed by atoms with E-state index in [0.717, 1.165) is 44.8 Å². The molecule has 0 unspecified atom stereocenters. The zero-order valence-electron chi connectivity index (χ0n) is 15.4. The molecule has 0 aliphatic heterocycles. The van der Waals surface area contributed by atoms with Gasteiger partial charge in [-0.3, -0.25) is 9.97 Å². The van der Waals surface area contributed by atoms with Crippen LogP contribution in [-0.4, -0.2) is 19.9 Å². The van der Waals surface area contributed by atoms with E-state index in [0.29, 0.717) is 0 Å². The zero-order chi connectivity index (χ0) is 18.9. The highest BCUT2D eigenvalue weighted by atomic mass is 14.8. The number of fused-ring (bicyclic) bond motifs is 8. The van der Waals surface area contributed by atoms with E-state index in [9.17, 15) is 0 Å². The molecule has 0 saturated heterocycles. The van der Waals surface area contributed by atoms with Crippen molar-refractivity contribution in [3.63, 3.8) is 0 Å². The largest absolute Gasteiger partial charge is 0.256 e. The molecular formula is C25H14N4. The standard InChI is InChI=1S/C25H14N4/c1-3-15-11-18-17(25-22(15)19(5-1)28-13-29-25)8-6-16-12-27-20-9-7-14-4-2-10-26-24(14)23(20)21(16)18/h1-10,12-13H,11H2. The Hall–Kier alpha value is -3.92. The molecule has 1 aliphatic carbocycles. The van der Waals surface area contributed by atoms with E-state index in [1.807, 2.05) is 18.5 Å². The Morgan fingerprint density at radius 3 is 2.59 bits per heavy atom. The first-order valence-corrected chi connectivity index (χ1v) is 9.69. The van der Waals surface area contributed by atoms with Gasteiger partial charge in [0.1, 0.15) is 6.33 Å². The van der Waals surface area contributed by atoms with E-state index in [1.165, 1.54) is 27.5 Å². The van der Waals surface area contributed by atoms with Crippen LogP contribution in [0.1, 0.15) is 11.1 Å². The molecule has 0 bridgehead atoms. The third kappa shape index (κ3) is 1.93. The smallest absolute Gasteiger partial charge is 0.116 e. The molecule has 3 heterocycles. The second-order valence-electron chi connectivity index (χ2n) is 7.56. The summed E-state index contributed by atoms with van der Waals surface area (Å²) >= 11 is 0. The molecule has 7 rings (SSSR count). The lowest BCUT2D eigenvalue weighted by Crippen LogP contribution is -2.05. The molecule has 0 saturated carbocycles. The predicted octanol–water partition coefficient (Wildman–Crippen LogP) is 5.45. The first-order valence-electron chi connectivity index (χ1n) is 9.69. The van der Waals surface area contributed by atoms with Gasteiger partial charge in [0.25, 0.3) is 0 Å². The highest BCUT2D eigenvalue weighted by Gasteiger charge is 2.23. The summed E-state index contributed by atoms with van der Waals surface area (Å²) in [6, 6.07) is 19.0. The van der Waals surface area contributed by atoms with Crippen LogP contribution in [0.5, 0.6) is 0 Å². The van der Waals surface area contributed by atoms with Crippen molar-refractivity contribution in [2.75, 3.05) is 0 Å². The molecule has 0 N–H and O–H groups in total. The Morgan fingerprint density at radius 2 is 1.59 bits per heavy atom. The summed E-state index contributed by atoms with van der Waals surface area (Å²) in [5.74, 6) is 0. The van der Waals surface area contributed by atoms with Crippen LogP contribution in [-0.2, 0) is 6.42 Å². The van der Waals surface area contributed by atoms with Crippen molar-refractivity contribution < 1.29 is 0 Å². The zero-order valence-corrected chi connectivity index (χ0v) is 15.4. The second kappa shape index (κ2) is 5.32. The van der Waals surface area contributed by atoms with Crippen LogP contribution in [0.4, 0.5) is 0 Å². The van der Waals surface area contributed by atoms with Gasteiger partial charge in [-0.2, -0.15) is 0 Å². The molecule has 0 atom stereocenters. The fourth-order valence-electron chi connectivity index (χ4n) is 4.82. The van der Waals surface area contributed by atoms with Gasteiger partial charge >= 0.3 is 0 Å². The molecule has 0 radical (unpaired) electrons. The first-order chi connectivity index (χ1) is 14.4. The molecule has 3 aromatic heterocycles. The molecule has 0 spiro atoms. The molecule has 1 aliphatic rings. The molecule has 29 heavy (non-hydrogen) atoms. The number of pyridine rings is 2. The van der Waals surface area contributed by atoms with Crippen molar-refractivity contribution >= 4 is 43.5 Å². The molecular weight excluding hydrogens is 356 g/mol. The average molecular weight is 370 g/mol. The Balaban J connectivity index is 1.73. The van der Waals surface area contributed by atoms with Gasteiger partial charge in [-0.25, -0.2) is 9.97 Å². The quantitative estimate of drug-likeness (QED) is 0.333. The minimum atomic E-state index is 0.854. The minimum absolute atomic E-state index is 0.854. The molecule has 4 heteroatoms. The van der Waals surface area contributed by atoms with E-state index < -0.39 is 0 Å². The van der Waals surface area contributed by atoms with Crippen molar-refractivity contribution in [3.05, 3.63) is 84.4 Å². The third-order valence-electron chi connectivity index (χ3n) is 6.06. The van der Waals surface area contributed by atoms with E-state index in [4.69, 9.17) is 9.97 Å². The Kier molecular flexibility index (Phi) is 2.76. The summed E-state index contributed by atoms with van der Waals surface area (Å²) in [5, 5.41) is 5.80. The summed E-state index contributed by atoms with van der Waals surface area (Å²) in [5.41, 5.74) is 7.76. The number of nitrogens with zero attached hydrogens (tertiary/aromatic N) is 4. The van der Waals surface area contributed by atoms with Crippen LogP contribution < -0.4 is 0 Å². The lowest BCUT2D eigenvalue weighted by Gasteiger charge is -2.22. The van der Waals surface area contributed by atoms with Crippen molar-refractivity contribution in [2.45, 2.75) is 6.42 Å². The monoisotopic (exact) mass is 370 g/mol. The summed E-state index contributed by atoms with van der Waals surface area (Å²) in [6.07, 6.45) is 6.36. The minimum Gasteiger partial charge on any atom is -0.256 e. The summed E-state index contributed by atoms with van der Waals surface area (Å²) in [7, 11) is 0. The SMILES string of the molecule is c1cnc2c(c1)ccc1ncc3ccc4c(c3c12)Cc1cccc2ncnc-4c12. The summed E-state index contributed by atoms with van der Waals surface area (Å²) in [6.45, 7) is 0. The first kappa shape index (κ1) is 15.1. The van der Waals surface area contributed by atoms with Gasteiger partial charge in [0.05, 0.1) is 22.2 Å². The lowest BCUT2D eigenvalue weighted by atomic mass is 9.84. The van der Waals surface area contributed by atoms with Crippen molar-refractivity contribution in [2.24, 2.45) is 0 Å². The fraction of sp³-hybridized carbons (Fsp3) is 0.0400. The van der Waals surface area contributed by atoms with Crippen LogP contribution in [0.2, 0.25) is 0 Å². The molecule has 134 valence electrons. The van der Waals surface area contributed by atoms with E-state index >= 15 is 0 Å². The van der Waals surface area contributed by atoms with Gasteiger partial charge in [0, 0.05) is 39.5 Å². The van der Waals surface area contributed by atoms with Crippen molar-refractivity contribution in [1.82, 2.24) is 19.9 Å². The topological polar surface area (TPSA) is 51.6 Å². The lowest BCUT2D eigenvalue weighted by molar-refractivity contribution is 1.15. The number of benzene rings is 3. The maximum Gasteiger partial charge on any atom is 0.116 e. The number of hydrogen-bond donors (Lipinski definition) is 0. The van der Waals surface area contributed by atoms with Gasteiger partial charge < -0.3 is 0 Å². The molecule has 3 aromatic carbocycles. The van der Waals surface area contributed by atoms with Gasteiger partial charge in [-0.1, -0.05) is 36.4 Å². The fourth-order valence-corrected chi connectivity index (χ4v) is 4.82. The van der Waals surface area contributed by atoms with Crippen molar-refractivity contribution in [1.29, 1.82) is 0 Å². The third-order valence-corrected chi connectivity index (χ3v) is 6.06. The van der Waals surface area contributed by atoms with Crippen LogP contribution in [0.3, 0.4) is 0 Å². The van der Waals surface area contributed by atoms with Gasteiger partial charge in [0.15, 0.2) is 0 Å². The Labute approximate surface area is 165 Å². The number of aromatic nitrogens is 4. The highest BCUT2D eigenvalue weighted by molar-refractivity contribution is 6.20. The van der Waals surface area contributed by atoms with Crippen molar-refractivity contribution in [3.8, 4) is 11.3 Å². The molecule has 4 nitrogen and oxygen atoms in total. The summed E-state index contributed by atoms with van der Waals surface area (Å²) < 4.78 is 0. The average Bonchev–Trinajstić information content (AvgIpc) is 2.78.